The molecule has 0 saturated heterocycles. The van der Waals surface area contributed by atoms with Crippen molar-refractivity contribution in [2.75, 3.05) is 18.9 Å². The van der Waals surface area contributed by atoms with Crippen LogP contribution in [0.15, 0.2) is 24.3 Å². The van der Waals surface area contributed by atoms with Gasteiger partial charge in [0.05, 0.1) is 0 Å². The summed E-state index contributed by atoms with van der Waals surface area (Å²) in [6.07, 6.45) is 0. The Bertz CT molecular complexity index is 531. The first-order chi connectivity index (χ1) is 9.97. The first kappa shape index (κ1) is 16.5. The summed E-state index contributed by atoms with van der Waals surface area (Å²) in [4.78, 5) is 34.6. The topological polar surface area (TPSA) is 99.3 Å². The number of urea groups is 1. The van der Waals surface area contributed by atoms with Crippen molar-refractivity contribution in [3.63, 3.8) is 0 Å². The molecule has 1 unspecified atom stereocenters. The molecule has 4 amide bonds. The lowest BCUT2D eigenvalue weighted by atomic mass is 10.1. The van der Waals surface area contributed by atoms with Crippen LogP contribution in [-0.4, -0.2) is 37.5 Å². The highest BCUT2D eigenvalue weighted by Gasteiger charge is 2.15. The van der Waals surface area contributed by atoms with Crippen molar-refractivity contribution in [1.82, 2.24) is 16.0 Å². The van der Waals surface area contributed by atoms with Crippen LogP contribution in [-0.2, 0) is 4.79 Å². The monoisotopic (exact) mass is 292 g/mol. The lowest BCUT2D eigenvalue weighted by Gasteiger charge is -2.15. The summed E-state index contributed by atoms with van der Waals surface area (Å²) < 4.78 is 0. The van der Waals surface area contributed by atoms with E-state index in [0.29, 0.717) is 17.8 Å². The molecule has 0 radical (unpaired) electrons. The largest absolute Gasteiger partial charge is 0.374 e. The number of rotatable bonds is 5. The third-order valence-electron chi connectivity index (χ3n) is 2.70. The van der Waals surface area contributed by atoms with Crippen LogP contribution in [0.4, 0.5) is 10.5 Å². The number of amides is 4. The second-order valence-corrected chi connectivity index (χ2v) is 4.37. The number of carbonyl (C=O) groups excluding carboxylic acids is 3. The number of nitrogens with one attached hydrogen (secondary N) is 4. The fraction of sp³-hybridized carbons (Fsp3) is 0.357. The molecule has 114 valence electrons. The van der Waals surface area contributed by atoms with Gasteiger partial charge < -0.3 is 16.0 Å². The second kappa shape index (κ2) is 7.88. The number of carbonyl (C=O) groups is 3. The number of anilines is 1. The van der Waals surface area contributed by atoms with Gasteiger partial charge in [0.1, 0.15) is 6.04 Å². The third-order valence-corrected chi connectivity index (χ3v) is 2.70. The smallest absolute Gasteiger partial charge is 0.321 e. The molecule has 1 aromatic carbocycles. The molecule has 1 atom stereocenters. The summed E-state index contributed by atoms with van der Waals surface area (Å²) in [6.45, 7) is 3.83. The zero-order valence-corrected chi connectivity index (χ0v) is 12.3. The Kier molecular flexibility index (Phi) is 6.19. The van der Waals surface area contributed by atoms with E-state index < -0.39 is 18.0 Å². The third kappa shape index (κ3) is 5.13. The Labute approximate surface area is 123 Å². The summed E-state index contributed by atoms with van der Waals surface area (Å²) in [5.74, 6) is -0.663. The van der Waals surface area contributed by atoms with Crippen LogP contribution in [0, 0.1) is 0 Å². The standard InChI is InChI=1S/C14H20N4O3/c1-4-16-14(21)18-12(19)9(2)17-11-7-5-6-10(8-11)13(20)15-3/h5-9,17H,4H2,1-3H3,(H,15,20)(H2,16,18,19,21). The van der Waals surface area contributed by atoms with Crippen molar-refractivity contribution in [1.29, 1.82) is 0 Å². The highest BCUT2D eigenvalue weighted by Crippen LogP contribution is 2.11. The van der Waals surface area contributed by atoms with Crippen molar-refractivity contribution >= 4 is 23.5 Å². The molecule has 21 heavy (non-hydrogen) atoms. The van der Waals surface area contributed by atoms with Crippen LogP contribution in [0.5, 0.6) is 0 Å². The molecule has 0 aliphatic carbocycles. The van der Waals surface area contributed by atoms with Gasteiger partial charge in [-0.1, -0.05) is 6.07 Å². The molecule has 0 aliphatic heterocycles. The Balaban J connectivity index is 2.66. The zero-order chi connectivity index (χ0) is 15.8. The van der Waals surface area contributed by atoms with E-state index in [4.69, 9.17) is 0 Å². The first-order valence-electron chi connectivity index (χ1n) is 6.65. The number of benzene rings is 1. The molecule has 0 saturated carbocycles. The minimum Gasteiger partial charge on any atom is -0.374 e. The highest BCUT2D eigenvalue weighted by atomic mass is 16.2. The van der Waals surface area contributed by atoms with Gasteiger partial charge in [0, 0.05) is 24.8 Å². The lowest BCUT2D eigenvalue weighted by Crippen LogP contribution is -2.45. The molecule has 1 rings (SSSR count). The van der Waals surface area contributed by atoms with Crippen LogP contribution in [0.25, 0.3) is 0 Å². The summed E-state index contributed by atoms with van der Waals surface area (Å²) in [6, 6.07) is 5.60. The number of hydrogen-bond acceptors (Lipinski definition) is 4. The number of imide groups is 1. The van der Waals surface area contributed by atoms with E-state index in [1.54, 1.807) is 45.2 Å². The number of hydrogen-bond donors (Lipinski definition) is 4. The zero-order valence-electron chi connectivity index (χ0n) is 12.3. The molecular formula is C14H20N4O3. The highest BCUT2D eigenvalue weighted by molar-refractivity contribution is 5.98. The summed E-state index contributed by atoms with van der Waals surface area (Å²) in [5.41, 5.74) is 1.11. The van der Waals surface area contributed by atoms with E-state index >= 15 is 0 Å². The molecule has 7 nitrogen and oxygen atoms in total. The second-order valence-electron chi connectivity index (χ2n) is 4.37. The molecule has 4 N–H and O–H groups in total. The van der Waals surface area contributed by atoms with Crippen molar-refractivity contribution in [3.05, 3.63) is 29.8 Å². The van der Waals surface area contributed by atoms with Gasteiger partial charge in [-0.25, -0.2) is 4.79 Å². The fourth-order valence-corrected chi connectivity index (χ4v) is 1.64. The van der Waals surface area contributed by atoms with Gasteiger partial charge in [-0.05, 0) is 32.0 Å². The Morgan fingerprint density at radius 2 is 1.95 bits per heavy atom. The average Bonchev–Trinajstić information content (AvgIpc) is 2.46. The van der Waals surface area contributed by atoms with Gasteiger partial charge in [0.25, 0.3) is 5.91 Å². The normalized spacial score (nSPS) is 11.2. The Hall–Kier alpha value is -2.57. The van der Waals surface area contributed by atoms with Crippen LogP contribution in [0.2, 0.25) is 0 Å². The van der Waals surface area contributed by atoms with Crippen LogP contribution < -0.4 is 21.3 Å². The molecular weight excluding hydrogens is 272 g/mol. The molecule has 7 heteroatoms. The Morgan fingerprint density at radius 3 is 2.57 bits per heavy atom. The van der Waals surface area contributed by atoms with Gasteiger partial charge in [0.15, 0.2) is 0 Å². The molecule has 0 spiro atoms. The van der Waals surface area contributed by atoms with E-state index in [9.17, 15) is 14.4 Å². The maximum absolute atomic E-state index is 11.8. The summed E-state index contributed by atoms with van der Waals surface area (Å²) in [7, 11) is 1.55. The molecule has 0 bridgehead atoms. The van der Waals surface area contributed by atoms with E-state index in [2.05, 4.69) is 21.3 Å². The fourth-order valence-electron chi connectivity index (χ4n) is 1.64. The van der Waals surface area contributed by atoms with Crippen molar-refractivity contribution in [2.24, 2.45) is 0 Å². The van der Waals surface area contributed by atoms with Crippen LogP contribution in [0.3, 0.4) is 0 Å². The predicted octanol–water partition coefficient (Wildman–Crippen LogP) is 0.692. The summed E-state index contributed by atoms with van der Waals surface area (Å²) in [5, 5.41) is 10.2. The van der Waals surface area contributed by atoms with Crippen molar-refractivity contribution < 1.29 is 14.4 Å². The Morgan fingerprint density at radius 1 is 1.24 bits per heavy atom. The predicted molar refractivity (Wildman–Crippen MR) is 80.1 cm³/mol. The average molecular weight is 292 g/mol. The molecule has 0 heterocycles. The van der Waals surface area contributed by atoms with Gasteiger partial charge in [0.2, 0.25) is 5.91 Å². The minimum atomic E-state index is -0.618. The molecule has 0 fully saturated rings. The summed E-state index contributed by atoms with van der Waals surface area (Å²) >= 11 is 0. The van der Waals surface area contributed by atoms with E-state index in [-0.39, 0.29) is 5.91 Å². The van der Waals surface area contributed by atoms with Gasteiger partial charge in [-0.3, -0.25) is 14.9 Å². The minimum absolute atomic E-state index is 0.210. The van der Waals surface area contributed by atoms with Crippen LogP contribution >= 0.6 is 0 Å². The van der Waals surface area contributed by atoms with Crippen molar-refractivity contribution in [3.8, 4) is 0 Å². The van der Waals surface area contributed by atoms with Crippen molar-refractivity contribution in [2.45, 2.75) is 19.9 Å². The molecule has 0 aromatic heterocycles. The van der Waals surface area contributed by atoms with E-state index in [0.717, 1.165) is 0 Å². The van der Waals surface area contributed by atoms with Gasteiger partial charge in [-0.2, -0.15) is 0 Å². The molecule has 1 aromatic rings. The van der Waals surface area contributed by atoms with Gasteiger partial charge >= 0.3 is 6.03 Å². The molecule has 0 aliphatic rings. The van der Waals surface area contributed by atoms with Crippen LogP contribution in [0.1, 0.15) is 24.2 Å². The maximum Gasteiger partial charge on any atom is 0.321 e. The maximum atomic E-state index is 11.8. The lowest BCUT2D eigenvalue weighted by molar-refractivity contribution is -0.120. The quantitative estimate of drug-likeness (QED) is 0.641. The first-order valence-corrected chi connectivity index (χ1v) is 6.65. The van der Waals surface area contributed by atoms with Gasteiger partial charge in [-0.15, -0.1) is 0 Å². The van der Waals surface area contributed by atoms with E-state index in [1.807, 2.05) is 0 Å². The SMILES string of the molecule is CCNC(=O)NC(=O)C(C)Nc1cccc(C(=O)NC)c1. The van der Waals surface area contributed by atoms with E-state index in [1.165, 1.54) is 0 Å².